The van der Waals surface area contributed by atoms with Gasteiger partial charge in [-0.25, -0.2) is 4.98 Å². The number of rotatable bonds is 5. The Balaban J connectivity index is 1.84. The fourth-order valence-electron chi connectivity index (χ4n) is 2.01. The molecule has 0 aromatic carbocycles. The first-order valence-electron chi connectivity index (χ1n) is 6.28. The summed E-state index contributed by atoms with van der Waals surface area (Å²) in [7, 11) is 0. The molecule has 1 aliphatic heterocycles. The first-order chi connectivity index (χ1) is 8.07. The Morgan fingerprint density at radius 3 is 3.00 bits per heavy atom. The van der Waals surface area contributed by atoms with Crippen LogP contribution in [-0.4, -0.2) is 28.1 Å². The van der Waals surface area contributed by atoms with Crippen LogP contribution in [0, 0.1) is 5.92 Å². The van der Waals surface area contributed by atoms with Crippen molar-refractivity contribution in [3.63, 3.8) is 0 Å². The summed E-state index contributed by atoms with van der Waals surface area (Å²) in [5, 5.41) is 4.25. The lowest BCUT2D eigenvalue weighted by molar-refractivity contribution is 0.0315. The Morgan fingerprint density at radius 1 is 1.53 bits per heavy atom. The maximum Gasteiger partial charge on any atom is 0.202 e. The third kappa shape index (κ3) is 3.64. The predicted octanol–water partition coefficient (Wildman–Crippen LogP) is 2.72. The van der Waals surface area contributed by atoms with Crippen molar-refractivity contribution in [1.82, 2.24) is 9.36 Å². The number of hydrogen-bond acceptors (Lipinski definition) is 5. The summed E-state index contributed by atoms with van der Waals surface area (Å²) >= 11 is 1.45. The van der Waals surface area contributed by atoms with Crippen molar-refractivity contribution in [3.05, 3.63) is 5.82 Å². The minimum atomic E-state index is -0.0239. The zero-order valence-electron chi connectivity index (χ0n) is 10.8. The molecular formula is C12H21N3OS. The van der Waals surface area contributed by atoms with Gasteiger partial charge < -0.3 is 10.1 Å². The van der Waals surface area contributed by atoms with Crippen LogP contribution in [0.5, 0.6) is 0 Å². The molecular weight excluding hydrogens is 234 g/mol. The van der Waals surface area contributed by atoms with Crippen LogP contribution in [0.4, 0.5) is 5.13 Å². The highest BCUT2D eigenvalue weighted by Gasteiger charge is 2.29. The summed E-state index contributed by atoms with van der Waals surface area (Å²) in [6.07, 6.45) is 3.23. The van der Waals surface area contributed by atoms with E-state index in [9.17, 15) is 0 Å². The molecule has 0 amide bonds. The molecule has 1 N–H and O–H groups in total. The van der Waals surface area contributed by atoms with Gasteiger partial charge in [0.1, 0.15) is 5.82 Å². The molecule has 5 heteroatoms. The number of aromatic nitrogens is 2. The Hall–Kier alpha value is -0.680. The Bertz CT molecular complexity index is 358. The molecule has 1 unspecified atom stereocenters. The van der Waals surface area contributed by atoms with E-state index in [2.05, 4.69) is 35.4 Å². The first kappa shape index (κ1) is 12.8. The van der Waals surface area contributed by atoms with Gasteiger partial charge in [0.25, 0.3) is 0 Å². The third-order valence-electron chi connectivity index (χ3n) is 2.97. The second-order valence-corrected chi connectivity index (χ2v) is 6.12. The van der Waals surface area contributed by atoms with Gasteiger partial charge >= 0.3 is 0 Å². The van der Waals surface area contributed by atoms with Gasteiger partial charge in [-0.15, -0.1) is 0 Å². The van der Waals surface area contributed by atoms with Crippen LogP contribution in [0.3, 0.4) is 0 Å². The number of nitrogens with one attached hydrogen (secondary N) is 1. The van der Waals surface area contributed by atoms with E-state index >= 15 is 0 Å². The third-order valence-corrected chi connectivity index (χ3v) is 3.68. The van der Waals surface area contributed by atoms with E-state index in [1.54, 1.807) is 0 Å². The molecule has 17 heavy (non-hydrogen) atoms. The lowest BCUT2D eigenvalue weighted by Gasteiger charge is -2.22. The average molecular weight is 255 g/mol. The standard InChI is InChI=1S/C12H21N3OS/c1-9(2)7-10-14-11(17-15-10)13-8-12(3)5-4-6-16-12/h9H,4-8H2,1-3H3,(H,13,14,15). The van der Waals surface area contributed by atoms with Crippen molar-refractivity contribution in [2.75, 3.05) is 18.5 Å². The van der Waals surface area contributed by atoms with E-state index in [1.807, 2.05) is 0 Å². The van der Waals surface area contributed by atoms with Crippen LogP contribution in [0.1, 0.15) is 39.4 Å². The molecule has 1 atom stereocenters. The van der Waals surface area contributed by atoms with E-state index < -0.39 is 0 Å². The normalized spacial score (nSPS) is 24.5. The molecule has 0 spiro atoms. The zero-order chi connectivity index (χ0) is 12.3. The molecule has 1 saturated heterocycles. The number of anilines is 1. The summed E-state index contributed by atoms with van der Waals surface area (Å²) in [6, 6.07) is 0. The molecule has 1 aliphatic rings. The smallest absolute Gasteiger partial charge is 0.202 e. The zero-order valence-corrected chi connectivity index (χ0v) is 11.6. The summed E-state index contributed by atoms with van der Waals surface area (Å²) in [5.74, 6) is 1.55. The maximum atomic E-state index is 5.73. The monoisotopic (exact) mass is 255 g/mol. The molecule has 2 heterocycles. The van der Waals surface area contributed by atoms with Crippen LogP contribution in [0.25, 0.3) is 0 Å². The van der Waals surface area contributed by atoms with E-state index in [-0.39, 0.29) is 5.60 Å². The lowest BCUT2D eigenvalue weighted by atomic mass is 10.0. The van der Waals surface area contributed by atoms with E-state index in [0.29, 0.717) is 5.92 Å². The van der Waals surface area contributed by atoms with E-state index in [0.717, 1.165) is 43.4 Å². The number of ether oxygens (including phenoxy) is 1. The number of nitrogens with zero attached hydrogens (tertiary/aromatic N) is 2. The van der Waals surface area contributed by atoms with Crippen LogP contribution in [-0.2, 0) is 11.2 Å². The summed E-state index contributed by atoms with van der Waals surface area (Å²) in [6.45, 7) is 8.22. The largest absolute Gasteiger partial charge is 0.373 e. The van der Waals surface area contributed by atoms with Crippen LogP contribution in [0.15, 0.2) is 0 Å². The highest BCUT2D eigenvalue weighted by atomic mass is 32.1. The van der Waals surface area contributed by atoms with E-state index in [1.165, 1.54) is 11.5 Å². The Labute approximate surface area is 107 Å². The first-order valence-corrected chi connectivity index (χ1v) is 7.05. The van der Waals surface area contributed by atoms with Gasteiger partial charge in [0.15, 0.2) is 0 Å². The molecule has 1 fully saturated rings. The molecule has 0 aliphatic carbocycles. The summed E-state index contributed by atoms with van der Waals surface area (Å²) in [4.78, 5) is 4.48. The molecule has 96 valence electrons. The Morgan fingerprint density at radius 2 is 2.35 bits per heavy atom. The topological polar surface area (TPSA) is 47.0 Å². The fraction of sp³-hybridized carbons (Fsp3) is 0.833. The summed E-state index contributed by atoms with van der Waals surface area (Å²) in [5.41, 5.74) is -0.0239. The van der Waals surface area contributed by atoms with Gasteiger partial charge in [-0.1, -0.05) is 13.8 Å². The van der Waals surface area contributed by atoms with Crippen molar-refractivity contribution in [1.29, 1.82) is 0 Å². The van der Waals surface area contributed by atoms with Gasteiger partial charge in [-0.05, 0) is 25.7 Å². The second-order valence-electron chi connectivity index (χ2n) is 5.37. The van der Waals surface area contributed by atoms with Gasteiger partial charge in [-0.3, -0.25) is 0 Å². The highest BCUT2D eigenvalue weighted by molar-refractivity contribution is 7.09. The molecule has 0 bridgehead atoms. The van der Waals surface area contributed by atoms with Gasteiger partial charge in [-0.2, -0.15) is 4.37 Å². The number of hydrogen-bond donors (Lipinski definition) is 1. The highest BCUT2D eigenvalue weighted by Crippen LogP contribution is 2.25. The van der Waals surface area contributed by atoms with Crippen molar-refractivity contribution in [3.8, 4) is 0 Å². The summed E-state index contributed by atoms with van der Waals surface area (Å²) < 4.78 is 10.1. The van der Waals surface area contributed by atoms with E-state index in [4.69, 9.17) is 4.74 Å². The molecule has 1 aromatic heterocycles. The van der Waals surface area contributed by atoms with Crippen LogP contribution >= 0.6 is 11.5 Å². The van der Waals surface area contributed by atoms with Gasteiger partial charge in [0, 0.05) is 31.1 Å². The van der Waals surface area contributed by atoms with Crippen LogP contribution in [0.2, 0.25) is 0 Å². The van der Waals surface area contributed by atoms with Crippen molar-refractivity contribution < 1.29 is 4.74 Å². The predicted molar refractivity (Wildman–Crippen MR) is 70.5 cm³/mol. The van der Waals surface area contributed by atoms with Gasteiger partial charge in [0.2, 0.25) is 5.13 Å². The molecule has 0 radical (unpaired) electrons. The Kier molecular flexibility index (Phi) is 3.99. The van der Waals surface area contributed by atoms with Crippen LogP contribution < -0.4 is 5.32 Å². The quantitative estimate of drug-likeness (QED) is 0.879. The second kappa shape index (κ2) is 5.31. The lowest BCUT2D eigenvalue weighted by Crippen LogP contribution is -2.32. The molecule has 1 aromatic rings. The van der Waals surface area contributed by atoms with Crippen molar-refractivity contribution in [2.45, 2.75) is 45.6 Å². The minimum Gasteiger partial charge on any atom is -0.373 e. The molecule has 2 rings (SSSR count). The molecule has 0 saturated carbocycles. The average Bonchev–Trinajstić information content (AvgIpc) is 2.85. The fourth-order valence-corrected chi connectivity index (χ4v) is 2.60. The SMILES string of the molecule is CC(C)Cc1nsc(NCC2(C)CCCO2)n1. The minimum absolute atomic E-state index is 0.0239. The van der Waals surface area contributed by atoms with Gasteiger partial charge in [0.05, 0.1) is 5.60 Å². The van der Waals surface area contributed by atoms with Crippen molar-refractivity contribution >= 4 is 16.7 Å². The molecule has 4 nitrogen and oxygen atoms in total. The van der Waals surface area contributed by atoms with Crippen molar-refractivity contribution in [2.24, 2.45) is 5.92 Å². The maximum absolute atomic E-state index is 5.73.